The van der Waals surface area contributed by atoms with E-state index in [1.54, 1.807) is 6.26 Å². The molecule has 0 aromatic carbocycles. The van der Waals surface area contributed by atoms with E-state index in [-0.39, 0.29) is 46.3 Å². The van der Waals surface area contributed by atoms with Crippen LogP contribution in [0.1, 0.15) is 53.4 Å². The van der Waals surface area contributed by atoms with Crippen molar-refractivity contribution in [1.29, 1.82) is 0 Å². The molecule has 2 aliphatic heterocycles. The van der Waals surface area contributed by atoms with Crippen LogP contribution in [0, 0.1) is 34.0 Å². The summed E-state index contributed by atoms with van der Waals surface area (Å²) in [6.07, 6.45) is 6.64. The number of carbonyl (C=O) groups excluding carboxylic acids is 1. The molecule has 1 N–H and O–H groups in total. The Kier molecular flexibility index (Phi) is 2.95. The maximum atomic E-state index is 13.2. The topological polar surface area (TPSA) is 65.0 Å². The van der Waals surface area contributed by atoms with Gasteiger partial charge in [-0.05, 0) is 48.5 Å². The molecule has 3 aliphatic carbocycles. The summed E-state index contributed by atoms with van der Waals surface area (Å²) in [5.74, 6) is -0.239. The average Bonchev–Trinajstić information content (AvgIpc) is 2.94. The third kappa shape index (κ3) is 1.57. The molecule has 2 heterocycles. The van der Waals surface area contributed by atoms with Crippen molar-refractivity contribution in [3.05, 3.63) is 12.3 Å². The first-order valence-electron chi connectivity index (χ1n) is 9.85. The minimum absolute atomic E-state index is 0.00699. The molecule has 7 atom stereocenters. The number of fused-ring (bicyclic) bond motifs is 2. The maximum absolute atomic E-state index is 13.2. The van der Waals surface area contributed by atoms with Crippen LogP contribution in [-0.4, -0.2) is 35.7 Å². The highest BCUT2D eigenvalue weighted by molar-refractivity contribution is 5.76. The van der Waals surface area contributed by atoms with E-state index in [0.717, 1.165) is 19.3 Å². The Balaban J connectivity index is 1.75. The van der Waals surface area contributed by atoms with Crippen LogP contribution in [0.2, 0.25) is 0 Å². The normalized spacial score (nSPS) is 54.4. The summed E-state index contributed by atoms with van der Waals surface area (Å²) in [6, 6.07) is 0. The van der Waals surface area contributed by atoms with Crippen LogP contribution in [0.3, 0.4) is 0 Å². The lowest BCUT2D eigenvalue weighted by Gasteiger charge is -2.47. The molecule has 4 bridgehead atoms. The van der Waals surface area contributed by atoms with Gasteiger partial charge in [-0.1, -0.05) is 27.7 Å². The number of carbonyl (C=O) groups is 1. The first-order valence-corrected chi connectivity index (χ1v) is 9.85. The highest BCUT2D eigenvalue weighted by Crippen LogP contribution is 2.79. The first-order chi connectivity index (χ1) is 12.0. The largest absolute Gasteiger partial charge is 0.472 e. The van der Waals surface area contributed by atoms with Crippen molar-refractivity contribution in [2.45, 2.75) is 70.9 Å². The molecule has 5 aliphatic rings. The fourth-order valence-corrected chi connectivity index (χ4v) is 7.93. The zero-order valence-electron chi connectivity index (χ0n) is 16.4. The Bertz CT molecular complexity index is 707. The van der Waals surface area contributed by atoms with Crippen molar-refractivity contribution in [2.24, 2.45) is 34.0 Å². The van der Waals surface area contributed by atoms with Gasteiger partial charge >= 0.3 is 5.97 Å². The maximum Gasteiger partial charge on any atom is 0.309 e. The number of rotatable bonds is 1. The Morgan fingerprint density at radius 2 is 1.96 bits per heavy atom. The highest BCUT2D eigenvalue weighted by atomic mass is 16.7. The zero-order valence-corrected chi connectivity index (χ0v) is 16.4. The monoisotopic (exact) mass is 362 g/mol. The van der Waals surface area contributed by atoms with E-state index < -0.39 is 11.2 Å². The molecule has 7 unspecified atom stereocenters. The van der Waals surface area contributed by atoms with Gasteiger partial charge in [-0.25, -0.2) is 0 Å². The Labute approximate surface area is 155 Å². The van der Waals surface area contributed by atoms with Gasteiger partial charge in [-0.2, -0.15) is 0 Å². The predicted octanol–water partition coefficient (Wildman–Crippen LogP) is 3.02. The van der Waals surface area contributed by atoms with E-state index >= 15 is 0 Å². The summed E-state index contributed by atoms with van der Waals surface area (Å²) in [5.41, 5.74) is -2.02. The molecule has 0 radical (unpaired) electrons. The van der Waals surface area contributed by atoms with E-state index in [9.17, 15) is 9.90 Å². The van der Waals surface area contributed by atoms with Gasteiger partial charge in [0.15, 0.2) is 0 Å². The minimum atomic E-state index is -0.719. The van der Waals surface area contributed by atoms with E-state index in [4.69, 9.17) is 14.2 Å². The summed E-state index contributed by atoms with van der Waals surface area (Å²) in [7, 11) is 1.48. The number of methoxy groups -OCH3 is 1. The lowest BCUT2D eigenvalue weighted by atomic mass is 9.62. The van der Waals surface area contributed by atoms with Crippen LogP contribution in [0.5, 0.6) is 0 Å². The lowest BCUT2D eigenvalue weighted by Crippen LogP contribution is -2.49. The van der Waals surface area contributed by atoms with Gasteiger partial charge in [0.2, 0.25) is 6.29 Å². The van der Waals surface area contributed by atoms with Crippen molar-refractivity contribution in [2.75, 3.05) is 7.11 Å². The number of hydrogen-bond acceptors (Lipinski definition) is 5. The van der Waals surface area contributed by atoms with Crippen LogP contribution in [0.4, 0.5) is 0 Å². The van der Waals surface area contributed by atoms with Gasteiger partial charge in [0, 0.05) is 11.3 Å². The van der Waals surface area contributed by atoms with Gasteiger partial charge in [-0.15, -0.1) is 0 Å². The molecular weight excluding hydrogens is 332 g/mol. The van der Waals surface area contributed by atoms with Crippen LogP contribution < -0.4 is 0 Å². The second-order valence-corrected chi connectivity index (χ2v) is 10.6. The second-order valence-electron chi connectivity index (χ2n) is 10.6. The molecule has 0 amide bonds. The summed E-state index contributed by atoms with van der Waals surface area (Å²) in [6.45, 7) is 8.60. The van der Waals surface area contributed by atoms with E-state index in [0.29, 0.717) is 6.42 Å². The van der Waals surface area contributed by atoms with Crippen LogP contribution in [0.25, 0.3) is 0 Å². The number of hydrogen-bond donors (Lipinski definition) is 1. The fourth-order valence-electron chi connectivity index (χ4n) is 7.93. The van der Waals surface area contributed by atoms with Gasteiger partial charge < -0.3 is 19.3 Å². The molecule has 0 aromatic heterocycles. The van der Waals surface area contributed by atoms with Crippen molar-refractivity contribution in [3.63, 3.8) is 0 Å². The zero-order chi connectivity index (χ0) is 18.8. The number of ether oxygens (including phenoxy) is 3. The van der Waals surface area contributed by atoms with Crippen LogP contribution >= 0.6 is 0 Å². The SMILES string of the molecule is COC(=O)C1C2C(C)(C)C3OC=CC2(O3)C2CCC3(O)CC12CC3(C)C. The average molecular weight is 362 g/mol. The second kappa shape index (κ2) is 4.49. The van der Waals surface area contributed by atoms with Crippen molar-refractivity contribution < 1.29 is 24.1 Å². The quantitative estimate of drug-likeness (QED) is 0.727. The third-order valence-electron chi connectivity index (χ3n) is 8.88. The van der Waals surface area contributed by atoms with Gasteiger partial charge in [0.05, 0.1) is 24.9 Å². The Hall–Kier alpha value is -1.07. The van der Waals surface area contributed by atoms with Gasteiger partial charge in [-0.3, -0.25) is 4.79 Å². The molecule has 5 heteroatoms. The predicted molar refractivity (Wildman–Crippen MR) is 93.7 cm³/mol. The molecule has 5 nitrogen and oxygen atoms in total. The Morgan fingerprint density at radius 3 is 2.65 bits per heavy atom. The van der Waals surface area contributed by atoms with E-state index in [1.807, 2.05) is 0 Å². The molecule has 3 saturated carbocycles. The lowest BCUT2D eigenvalue weighted by molar-refractivity contribution is -0.198. The van der Waals surface area contributed by atoms with Gasteiger partial charge in [0.1, 0.15) is 5.60 Å². The van der Waals surface area contributed by atoms with Crippen molar-refractivity contribution >= 4 is 5.97 Å². The summed E-state index contributed by atoms with van der Waals surface area (Å²) >= 11 is 0. The molecular formula is C21H30O5. The minimum Gasteiger partial charge on any atom is -0.472 e. The molecule has 1 saturated heterocycles. The Morgan fingerprint density at radius 1 is 1.23 bits per heavy atom. The number of aliphatic hydroxyl groups is 1. The van der Waals surface area contributed by atoms with Crippen LogP contribution in [0.15, 0.2) is 12.3 Å². The molecule has 144 valence electrons. The molecule has 5 rings (SSSR count). The van der Waals surface area contributed by atoms with Crippen molar-refractivity contribution in [1.82, 2.24) is 0 Å². The molecule has 2 spiro atoms. The molecule has 0 aromatic rings. The standard InChI is InChI=1S/C21H30O5/c1-17(2)10-19-11-20(17,23)7-6-12(19)21-8-9-25-16(26-21)18(3,4)14(21)13(19)15(22)24-5/h8-9,12-14,16,23H,6-7,10-11H2,1-5H3. The first kappa shape index (κ1) is 17.1. The number of esters is 1. The fraction of sp³-hybridized carbons (Fsp3) is 0.857. The molecule has 26 heavy (non-hydrogen) atoms. The summed E-state index contributed by atoms with van der Waals surface area (Å²) in [4.78, 5) is 13.2. The summed E-state index contributed by atoms with van der Waals surface area (Å²) < 4.78 is 17.7. The van der Waals surface area contributed by atoms with E-state index in [2.05, 4.69) is 33.8 Å². The molecule has 4 fully saturated rings. The van der Waals surface area contributed by atoms with Crippen molar-refractivity contribution in [3.8, 4) is 0 Å². The van der Waals surface area contributed by atoms with Gasteiger partial charge in [0.25, 0.3) is 0 Å². The summed E-state index contributed by atoms with van der Waals surface area (Å²) in [5, 5.41) is 11.4. The smallest absolute Gasteiger partial charge is 0.309 e. The van der Waals surface area contributed by atoms with E-state index in [1.165, 1.54) is 7.11 Å². The highest BCUT2D eigenvalue weighted by Gasteiger charge is 2.82. The van der Waals surface area contributed by atoms with Crippen LogP contribution in [-0.2, 0) is 19.0 Å². The third-order valence-corrected chi connectivity index (χ3v) is 8.88.